The van der Waals surface area contributed by atoms with Gasteiger partial charge in [0.1, 0.15) is 0 Å². The third-order valence-electron chi connectivity index (χ3n) is 2.68. The molecule has 0 spiro atoms. The van der Waals surface area contributed by atoms with Crippen LogP contribution in [-0.4, -0.2) is 8.42 Å². The smallest absolute Gasteiger partial charge is 0.262 e. The summed E-state index contributed by atoms with van der Waals surface area (Å²) in [4.78, 5) is 0.185. The van der Waals surface area contributed by atoms with Crippen LogP contribution in [0.5, 0.6) is 0 Å². The van der Waals surface area contributed by atoms with Crippen molar-refractivity contribution < 1.29 is 8.42 Å². The Labute approximate surface area is 134 Å². The quantitative estimate of drug-likeness (QED) is 0.796. The lowest BCUT2D eigenvalue weighted by Gasteiger charge is -2.13. The molecule has 0 aliphatic rings. The third-order valence-corrected chi connectivity index (χ3v) is 5.45. The minimum Gasteiger partial charge on any atom is -0.326 e. The van der Waals surface area contributed by atoms with Crippen LogP contribution in [0.4, 0.5) is 5.69 Å². The van der Waals surface area contributed by atoms with E-state index in [0.29, 0.717) is 20.2 Å². The minimum absolute atomic E-state index is 0.161. The molecule has 0 saturated carbocycles. The average molecular weight is 420 g/mol. The number of sulfonamides is 1. The van der Waals surface area contributed by atoms with Gasteiger partial charge in [0.2, 0.25) is 0 Å². The molecule has 0 aromatic heterocycles. The van der Waals surface area contributed by atoms with Gasteiger partial charge in [0.25, 0.3) is 10.0 Å². The Morgan fingerprint density at radius 1 is 1.00 bits per heavy atom. The van der Waals surface area contributed by atoms with E-state index in [0.717, 1.165) is 0 Å². The second-order valence-corrected chi connectivity index (χ2v) is 7.37. The van der Waals surface area contributed by atoms with E-state index in [-0.39, 0.29) is 11.4 Å². The van der Waals surface area contributed by atoms with E-state index in [1.54, 1.807) is 36.4 Å². The zero-order valence-electron chi connectivity index (χ0n) is 10.3. The van der Waals surface area contributed by atoms with Crippen molar-refractivity contribution in [3.8, 4) is 0 Å². The van der Waals surface area contributed by atoms with Gasteiger partial charge in [-0.05, 0) is 55.6 Å². The van der Waals surface area contributed by atoms with Gasteiger partial charge >= 0.3 is 0 Å². The SMILES string of the molecule is NCc1ccccc1S(=O)(=O)Nc1c(Br)cccc1Br. The molecule has 2 rings (SSSR count). The number of halogens is 2. The zero-order chi connectivity index (χ0) is 14.8. The summed E-state index contributed by atoms with van der Waals surface area (Å²) in [5.41, 5.74) is 6.62. The molecule has 0 amide bonds. The molecule has 2 aromatic carbocycles. The monoisotopic (exact) mass is 418 g/mol. The van der Waals surface area contributed by atoms with E-state index in [9.17, 15) is 8.42 Å². The number of rotatable bonds is 4. The summed E-state index contributed by atoms with van der Waals surface area (Å²) in [6, 6.07) is 12.0. The highest BCUT2D eigenvalue weighted by molar-refractivity contribution is 9.11. The second kappa shape index (κ2) is 6.26. The summed E-state index contributed by atoms with van der Waals surface area (Å²) in [5.74, 6) is 0. The largest absolute Gasteiger partial charge is 0.326 e. The van der Waals surface area contributed by atoms with Crippen molar-refractivity contribution in [1.29, 1.82) is 0 Å². The fourth-order valence-electron chi connectivity index (χ4n) is 1.72. The molecule has 0 unspecified atom stereocenters. The van der Waals surface area contributed by atoms with Crippen molar-refractivity contribution in [2.75, 3.05) is 4.72 Å². The Kier molecular flexibility index (Phi) is 4.85. The Bertz CT molecular complexity index is 713. The van der Waals surface area contributed by atoms with Crippen LogP contribution >= 0.6 is 31.9 Å². The number of hydrogen-bond acceptors (Lipinski definition) is 3. The minimum atomic E-state index is -3.69. The highest BCUT2D eigenvalue weighted by atomic mass is 79.9. The van der Waals surface area contributed by atoms with Crippen LogP contribution in [-0.2, 0) is 16.6 Å². The van der Waals surface area contributed by atoms with Gasteiger partial charge in [0, 0.05) is 15.5 Å². The Morgan fingerprint density at radius 2 is 1.60 bits per heavy atom. The number of nitrogens with two attached hydrogens (primary N) is 1. The van der Waals surface area contributed by atoms with E-state index in [2.05, 4.69) is 36.6 Å². The topological polar surface area (TPSA) is 72.2 Å². The predicted octanol–water partition coefficient (Wildman–Crippen LogP) is 3.47. The van der Waals surface area contributed by atoms with Gasteiger partial charge in [0.15, 0.2) is 0 Å². The van der Waals surface area contributed by atoms with Crippen molar-refractivity contribution in [3.05, 3.63) is 57.0 Å². The van der Waals surface area contributed by atoms with E-state index in [4.69, 9.17) is 5.73 Å². The fourth-order valence-corrected chi connectivity index (χ4v) is 4.53. The Morgan fingerprint density at radius 3 is 2.20 bits per heavy atom. The van der Waals surface area contributed by atoms with E-state index in [1.165, 1.54) is 6.07 Å². The molecule has 2 aromatic rings. The van der Waals surface area contributed by atoms with Gasteiger partial charge in [-0.1, -0.05) is 24.3 Å². The van der Waals surface area contributed by atoms with Crippen LogP contribution in [0.2, 0.25) is 0 Å². The lowest BCUT2D eigenvalue weighted by Crippen LogP contribution is -2.16. The molecule has 0 saturated heterocycles. The Hall–Kier alpha value is -0.890. The molecular formula is C13H12Br2N2O2S. The predicted molar refractivity (Wildman–Crippen MR) is 87.0 cm³/mol. The lowest BCUT2D eigenvalue weighted by atomic mass is 10.2. The normalized spacial score (nSPS) is 11.3. The first-order valence-corrected chi connectivity index (χ1v) is 8.77. The first-order chi connectivity index (χ1) is 9.45. The van der Waals surface area contributed by atoms with E-state index < -0.39 is 10.0 Å². The zero-order valence-corrected chi connectivity index (χ0v) is 14.3. The van der Waals surface area contributed by atoms with E-state index >= 15 is 0 Å². The van der Waals surface area contributed by atoms with Gasteiger partial charge < -0.3 is 5.73 Å². The molecule has 0 aliphatic heterocycles. The molecule has 4 nitrogen and oxygen atoms in total. The molecule has 3 N–H and O–H groups in total. The molecule has 0 atom stereocenters. The summed E-state index contributed by atoms with van der Waals surface area (Å²) in [6.45, 7) is 0.161. The number of para-hydroxylation sites is 1. The van der Waals surface area contributed by atoms with Crippen LogP contribution in [0.3, 0.4) is 0 Å². The maximum Gasteiger partial charge on any atom is 0.262 e. The molecule has 7 heteroatoms. The van der Waals surface area contributed by atoms with Gasteiger partial charge in [-0.3, -0.25) is 4.72 Å². The highest BCUT2D eigenvalue weighted by Crippen LogP contribution is 2.32. The molecule has 0 radical (unpaired) electrons. The molecule has 106 valence electrons. The summed E-state index contributed by atoms with van der Waals surface area (Å²) in [5, 5.41) is 0. The van der Waals surface area contributed by atoms with Crippen molar-refractivity contribution in [2.45, 2.75) is 11.4 Å². The molecule has 0 bridgehead atoms. The van der Waals surface area contributed by atoms with Crippen molar-refractivity contribution in [1.82, 2.24) is 0 Å². The van der Waals surface area contributed by atoms with Crippen LogP contribution in [0, 0.1) is 0 Å². The molecule has 0 heterocycles. The first kappa shape index (κ1) is 15.5. The van der Waals surface area contributed by atoms with Crippen LogP contribution in [0.1, 0.15) is 5.56 Å². The Balaban J connectivity index is 2.47. The van der Waals surface area contributed by atoms with Gasteiger partial charge in [-0.25, -0.2) is 8.42 Å². The molecule has 0 fully saturated rings. The molecule has 0 aliphatic carbocycles. The first-order valence-electron chi connectivity index (χ1n) is 5.70. The summed E-state index contributed by atoms with van der Waals surface area (Å²) in [7, 11) is -3.69. The highest BCUT2D eigenvalue weighted by Gasteiger charge is 2.19. The van der Waals surface area contributed by atoms with Crippen molar-refractivity contribution in [3.63, 3.8) is 0 Å². The summed E-state index contributed by atoms with van der Waals surface area (Å²) >= 11 is 6.65. The summed E-state index contributed by atoms with van der Waals surface area (Å²) in [6.07, 6.45) is 0. The van der Waals surface area contributed by atoms with Gasteiger partial charge in [0.05, 0.1) is 10.6 Å². The number of hydrogen-bond donors (Lipinski definition) is 2. The standard InChI is InChI=1S/C13H12Br2N2O2S/c14-10-5-3-6-11(15)13(10)17-20(18,19)12-7-2-1-4-9(12)8-16/h1-7,17H,8,16H2. The van der Waals surface area contributed by atoms with Crippen LogP contribution in [0.25, 0.3) is 0 Å². The van der Waals surface area contributed by atoms with Crippen LogP contribution in [0.15, 0.2) is 56.3 Å². The maximum atomic E-state index is 12.5. The van der Waals surface area contributed by atoms with Crippen molar-refractivity contribution in [2.24, 2.45) is 5.73 Å². The number of anilines is 1. The lowest BCUT2D eigenvalue weighted by molar-refractivity contribution is 0.600. The second-order valence-electron chi connectivity index (χ2n) is 4.01. The van der Waals surface area contributed by atoms with Crippen LogP contribution < -0.4 is 10.5 Å². The van der Waals surface area contributed by atoms with Crippen molar-refractivity contribution >= 4 is 47.6 Å². The number of benzene rings is 2. The fraction of sp³-hybridized carbons (Fsp3) is 0.0769. The average Bonchev–Trinajstić information content (AvgIpc) is 2.43. The number of nitrogens with one attached hydrogen (secondary N) is 1. The maximum absolute atomic E-state index is 12.5. The summed E-state index contributed by atoms with van der Waals surface area (Å²) < 4.78 is 28.8. The molecular weight excluding hydrogens is 408 g/mol. The third kappa shape index (κ3) is 3.22. The van der Waals surface area contributed by atoms with Gasteiger partial charge in [-0.15, -0.1) is 0 Å². The van der Waals surface area contributed by atoms with E-state index in [1.807, 2.05) is 0 Å². The van der Waals surface area contributed by atoms with Gasteiger partial charge in [-0.2, -0.15) is 0 Å². The molecule has 20 heavy (non-hydrogen) atoms.